The van der Waals surface area contributed by atoms with Crippen LogP contribution in [0.4, 0.5) is 4.39 Å². The van der Waals surface area contributed by atoms with Crippen LogP contribution >= 0.6 is 0 Å². The molecule has 2 aliphatic heterocycles. The maximum absolute atomic E-state index is 13.1. The first-order chi connectivity index (χ1) is 13.6. The summed E-state index contributed by atoms with van der Waals surface area (Å²) >= 11 is 0. The second-order valence-electron chi connectivity index (χ2n) is 7.81. The van der Waals surface area contributed by atoms with Crippen molar-refractivity contribution in [3.05, 3.63) is 64.2 Å². The van der Waals surface area contributed by atoms with Gasteiger partial charge in [0.1, 0.15) is 11.6 Å². The van der Waals surface area contributed by atoms with E-state index < -0.39 is 0 Å². The van der Waals surface area contributed by atoms with Crippen LogP contribution in [0.3, 0.4) is 0 Å². The number of nitrogens with zero attached hydrogens (tertiary/aromatic N) is 6. The van der Waals surface area contributed by atoms with Gasteiger partial charge in [-0.3, -0.25) is 14.3 Å². The second-order valence-corrected chi connectivity index (χ2v) is 7.81. The van der Waals surface area contributed by atoms with Crippen LogP contribution < -0.4 is 5.56 Å². The predicted molar refractivity (Wildman–Crippen MR) is 101 cm³/mol. The molecule has 0 bridgehead atoms. The standard InChI is InChI=1S/C20H21FN6O/c1-25-11-8-22-17(25)16-18(28)27-10-7-20(19(27)24-23-16)6-9-26(13-20)12-14-2-4-15(21)5-3-14/h2-5,8,11H,6-7,9-10,12-13H2,1H3/t20-/m0/s1. The van der Waals surface area contributed by atoms with Gasteiger partial charge in [-0.2, -0.15) is 0 Å². The summed E-state index contributed by atoms with van der Waals surface area (Å²) in [5, 5.41) is 8.75. The Morgan fingerprint density at radius 1 is 1.14 bits per heavy atom. The van der Waals surface area contributed by atoms with Crippen LogP contribution in [0.25, 0.3) is 11.5 Å². The van der Waals surface area contributed by atoms with Gasteiger partial charge in [0, 0.05) is 44.5 Å². The number of aryl methyl sites for hydroxylation is 1. The highest BCUT2D eigenvalue weighted by Gasteiger charge is 2.47. The predicted octanol–water partition coefficient (Wildman–Crippen LogP) is 1.73. The van der Waals surface area contributed by atoms with Gasteiger partial charge in [0.2, 0.25) is 0 Å². The summed E-state index contributed by atoms with van der Waals surface area (Å²) in [6.07, 6.45) is 5.28. The van der Waals surface area contributed by atoms with Gasteiger partial charge in [0.15, 0.2) is 11.5 Å². The summed E-state index contributed by atoms with van der Waals surface area (Å²) < 4.78 is 16.7. The summed E-state index contributed by atoms with van der Waals surface area (Å²) in [4.78, 5) is 19.6. The number of likely N-dealkylation sites (tertiary alicyclic amines) is 1. The molecule has 0 N–H and O–H groups in total. The molecule has 0 amide bonds. The molecule has 1 spiro atoms. The van der Waals surface area contributed by atoms with Crippen molar-refractivity contribution in [1.29, 1.82) is 0 Å². The summed E-state index contributed by atoms with van der Waals surface area (Å²) in [6.45, 7) is 3.19. The number of imidazole rings is 1. The zero-order valence-corrected chi connectivity index (χ0v) is 15.7. The van der Waals surface area contributed by atoms with E-state index in [1.807, 2.05) is 19.2 Å². The molecule has 0 unspecified atom stereocenters. The van der Waals surface area contributed by atoms with E-state index in [1.54, 1.807) is 21.5 Å². The lowest BCUT2D eigenvalue weighted by Gasteiger charge is -2.23. The van der Waals surface area contributed by atoms with Crippen LogP contribution in [0.2, 0.25) is 0 Å². The van der Waals surface area contributed by atoms with E-state index in [0.29, 0.717) is 18.1 Å². The van der Waals surface area contributed by atoms with Crippen LogP contribution in [0.5, 0.6) is 0 Å². The Kier molecular flexibility index (Phi) is 3.90. The molecule has 144 valence electrons. The lowest BCUT2D eigenvalue weighted by atomic mass is 9.85. The molecule has 1 fully saturated rings. The number of rotatable bonds is 3. The number of fused-ring (bicyclic) bond motifs is 2. The first-order valence-corrected chi connectivity index (χ1v) is 9.48. The fraction of sp³-hybridized carbons (Fsp3) is 0.400. The zero-order valence-electron chi connectivity index (χ0n) is 15.7. The molecule has 2 aliphatic rings. The quantitative estimate of drug-likeness (QED) is 0.692. The van der Waals surface area contributed by atoms with Crippen molar-refractivity contribution < 1.29 is 4.39 Å². The number of hydrogen-bond donors (Lipinski definition) is 0. The van der Waals surface area contributed by atoms with Gasteiger partial charge in [-0.25, -0.2) is 9.37 Å². The minimum absolute atomic E-state index is 0.117. The number of hydrogen-bond acceptors (Lipinski definition) is 5. The van der Waals surface area contributed by atoms with E-state index in [-0.39, 0.29) is 16.8 Å². The van der Waals surface area contributed by atoms with E-state index in [9.17, 15) is 9.18 Å². The van der Waals surface area contributed by atoms with Gasteiger partial charge in [-0.1, -0.05) is 12.1 Å². The monoisotopic (exact) mass is 380 g/mol. The average molecular weight is 380 g/mol. The number of benzene rings is 1. The topological polar surface area (TPSA) is 68.8 Å². The van der Waals surface area contributed by atoms with Crippen molar-refractivity contribution in [2.24, 2.45) is 7.05 Å². The second kappa shape index (κ2) is 6.34. The fourth-order valence-electron chi connectivity index (χ4n) is 4.52. The Hall–Kier alpha value is -2.87. The molecular formula is C20H21FN6O. The Labute approximate surface area is 161 Å². The maximum atomic E-state index is 13.1. The molecule has 1 atom stereocenters. The highest BCUT2D eigenvalue weighted by Crippen LogP contribution is 2.41. The molecule has 3 aromatic rings. The van der Waals surface area contributed by atoms with Gasteiger partial charge in [-0.15, -0.1) is 10.2 Å². The van der Waals surface area contributed by atoms with Gasteiger partial charge in [0.25, 0.3) is 5.56 Å². The Bertz CT molecular complexity index is 1090. The first-order valence-electron chi connectivity index (χ1n) is 9.48. The van der Waals surface area contributed by atoms with E-state index >= 15 is 0 Å². The summed E-state index contributed by atoms with van der Waals surface area (Å²) in [7, 11) is 1.84. The first kappa shape index (κ1) is 17.2. The molecular weight excluding hydrogens is 359 g/mol. The number of halogens is 1. The minimum atomic E-state index is -0.218. The van der Waals surface area contributed by atoms with Crippen LogP contribution in [-0.2, 0) is 25.6 Å². The average Bonchev–Trinajstić information content (AvgIpc) is 3.39. The Morgan fingerprint density at radius 2 is 1.93 bits per heavy atom. The van der Waals surface area contributed by atoms with E-state index in [1.165, 1.54) is 12.1 Å². The molecule has 8 heteroatoms. The molecule has 1 saturated heterocycles. The van der Waals surface area contributed by atoms with Crippen molar-refractivity contribution in [2.45, 2.75) is 31.3 Å². The molecule has 0 radical (unpaired) electrons. The Balaban J connectivity index is 1.42. The minimum Gasteiger partial charge on any atom is -0.333 e. The van der Waals surface area contributed by atoms with Crippen LogP contribution in [-0.4, -0.2) is 42.3 Å². The summed E-state index contributed by atoms with van der Waals surface area (Å²) in [5.41, 5.74) is 1.14. The molecule has 2 aromatic heterocycles. The van der Waals surface area contributed by atoms with E-state index in [4.69, 9.17) is 0 Å². The van der Waals surface area contributed by atoms with Gasteiger partial charge in [0.05, 0.1) is 0 Å². The maximum Gasteiger partial charge on any atom is 0.283 e. The van der Waals surface area contributed by atoms with Crippen molar-refractivity contribution in [3.63, 3.8) is 0 Å². The van der Waals surface area contributed by atoms with Crippen molar-refractivity contribution in [2.75, 3.05) is 13.1 Å². The number of aromatic nitrogens is 5. The van der Waals surface area contributed by atoms with Crippen molar-refractivity contribution in [3.8, 4) is 11.5 Å². The van der Waals surface area contributed by atoms with E-state index in [0.717, 1.165) is 43.9 Å². The lowest BCUT2D eigenvalue weighted by Crippen LogP contribution is -2.33. The third kappa shape index (κ3) is 2.67. The lowest BCUT2D eigenvalue weighted by molar-refractivity contribution is 0.299. The zero-order chi connectivity index (χ0) is 19.3. The molecule has 4 heterocycles. The molecule has 5 rings (SSSR count). The Morgan fingerprint density at radius 3 is 2.68 bits per heavy atom. The summed E-state index contributed by atoms with van der Waals surface area (Å²) in [6, 6.07) is 6.64. The highest BCUT2D eigenvalue weighted by molar-refractivity contribution is 5.47. The molecule has 0 saturated carbocycles. The van der Waals surface area contributed by atoms with Crippen molar-refractivity contribution >= 4 is 0 Å². The summed E-state index contributed by atoms with van der Waals surface area (Å²) in [5.74, 6) is 1.11. The van der Waals surface area contributed by atoms with Crippen LogP contribution in [0, 0.1) is 5.82 Å². The largest absolute Gasteiger partial charge is 0.333 e. The molecule has 7 nitrogen and oxygen atoms in total. The molecule has 28 heavy (non-hydrogen) atoms. The SMILES string of the molecule is Cn1ccnc1-c1nnc2n(c1=O)CC[C@]21CCN(Cc2ccc(F)cc2)C1. The fourth-order valence-corrected chi connectivity index (χ4v) is 4.52. The van der Waals surface area contributed by atoms with Crippen LogP contribution in [0.15, 0.2) is 41.5 Å². The molecule has 1 aromatic carbocycles. The smallest absolute Gasteiger partial charge is 0.283 e. The van der Waals surface area contributed by atoms with E-state index in [2.05, 4.69) is 20.1 Å². The van der Waals surface area contributed by atoms with Gasteiger partial charge >= 0.3 is 0 Å². The van der Waals surface area contributed by atoms with Crippen LogP contribution in [0.1, 0.15) is 24.2 Å². The third-order valence-corrected chi connectivity index (χ3v) is 6.02. The van der Waals surface area contributed by atoms with Crippen molar-refractivity contribution in [1.82, 2.24) is 29.2 Å². The molecule has 0 aliphatic carbocycles. The normalized spacial score (nSPS) is 21.5. The highest BCUT2D eigenvalue weighted by atomic mass is 19.1. The third-order valence-electron chi connectivity index (χ3n) is 6.02. The van der Waals surface area contributed by atoms with Gasteiger partial charge in [-0.05, 0) is 37.1 Å². The van der Waals surface area contributed by atoms with Gasteiger partial charge < -0.3 is 4.57 Å².